The molecule has 0 bridgehead atoms. The summed E-state index contributed by atoms with van der Waals surface area (Å²) in [5, 5.41) is 0. The molecule has 44 heavy (non-hydrogen) atoms. The molecule has 1 atom stereocenters. The van der Waals surface area contributed by atoms with Crippen molar-refractivity contribution in [2.24, 2.45) is 5.41 Å². The summed E-state index contributed by atoms with van der Waals surface area (Å²) in [6.07, 6.45) is 8.32. The van der Waals surface area contributed by atoms with Crippen LogP contribution in [0.15, 0.2) is 64.7 Å². The van der Waals surface area contributed by atoms with Crippen molar-refractivity contribution in [2.45, 2.75) is 58.8 Å². The summed E-state index contributed by atoms with van der Waals surface area (Å²) in [5.74, 6) is 1.05. The van der Waals surface area contributed by atoms with Crippen molar-refractivity contribution in [3.8, 4) is 23.0 Å². The number of hydrogen-bond acceptors (Lipinski definition) is 6. The predicted octanol–water partition coefficient (Wildman–Crippen LogP) is 8.86. The van der Waals surface area contributed by atoms with Crippen molar-refractivity contribution in [2.75, 3.05) is 20.8 Å². The van der Waals surface area contributed by atoms with Crippen molar-refractivity contribution >= 4 is 33.3 Å². The summed E-state index contributed by atoms with van der Waals surface area (Å²) in [6.45, 7) is 9.30. The van der Waals surface area contributed by atoms with Gasteiger partial charge in [0.2, 0.25) is 5.78 Å². The highest BCUT2D eigenvalue weighted by molar-refractivity contribution is 9.10. The first kappa shape index (κ1) is 30.2. The highest BCUT2D eigenvalue weighted by Crippen LogP contribution is 2.65. The molecule has 0 saturated heterocycles. The number of benzene rings is 3. The van der Waals surface area contributed by atoms with Crippen LogP contribution in [0, 0.1) is 5.41 Å². The Morgan fingerprint density at radius 3 is 2.25 bits per heavy atom. The Balaban J connectivity index is 1.65. The molecule has 0 aromatic heterocycles. The quantitative estimate of drug-likeness (QED) is 0.0816. The topological polar surface area (TPSA) is 71.1 Å². The van der Waals surface area contributed by atoms with Crippen molar-refractivity contribution in [1.29, 1.82) is 0 Å². The zero-order valence-electron chi connectivity index (χ0n) is 26.1. The van der Waals surface area contributed by atoms with E-state index >= 15 is 0 Å². The minimum Gasteiger partial charge on any atom is -0.496 e. The minimum absolute atomic E-state index is 0.179. The Kier molecular flexibility index (Phi) is 7.73. The van der Waals surface area contributed by atoms with Crippen LogP contribution in [0.1, 0.15) is 96.3 Å². The number of ether oxygens (including phenoxy) is 4. The van der Waals surface area contributed by atoms with Gasteiger partial charge in [-0.1, -0.05) is 60.8 Å². The Morgan fingerprint density at radius 2 is 1.59 bits per heavy atom. The van der Waals surface area contributed by atoms with Crippen molar-refractivity contribution in [3.63, 3.8) is 0 Å². The molecule has 3 aromatic rings. The fraction of sp³-hybridized carbons (Fsp3) is 0.351. The molecule has 0 radical (unpaired) electrons. The van der Waals surface area contributed by atoms with Gasteiger partial charge in [0.25, 0.3) is 0 Å². The molecule has 6 nitrogen and oxygen atoms in total. The van der Waals surface area contributed by atoms with E-state index in [0.717, 1.165) is 46.9 Å². The number of allylic oxidation sites excluding steroid dienone is 3. The summed E-state index contributed by atoms with van der Waals surface area (Å²) in [6, 6.07) is 12.2. The summed E-state index contributed by atoms with van der Waals surface area (Å²) < 4.78 is 25.2. The molecule has 0 N–H and O–H groups in total. The van der Waals surface area contributed by atoms with E-state index < -0.39 is 11.4 Å². The molecule has 228 valence electrons. The predicted molar refractivity (Wildman–Crippen MR) is 174 cm³/mol. The number of carbonyl (C=O) groups excluding carboxylic acids is 2. The molecular weight excluding hydrogens is 620 g/mol. The molecule has 3 aromatic carbocycles. The van der Waals surface area contributed by atoms with E-state index in [1.165, 1.54) is 5.57 Å². The second kappa shape index (κ2) is 11.3. The fourth-order valence-corrected chi connectivity index (χ4v) is 7.51. The maximum Gasteiger partial charge on any atom is 0.343 e. The van der Waals surface area contributed by atoms with Gasteiger partial charge in [0.05, 0.1) is 37.5 Å². The summed E-state index contributed by atoms with van der Waals surface area (Å²) in [4.78, 5) is 28.2. The maximum absolute atomic E-state index is 14.8. The van der Waals surface area contributed by atoms with Crippen LogP contribution in [0.4, 0.5) is 0 Å². The van der Waals surface area contributed by atoms with Gasteiger partial charge < -0.3 is 18.9 Å². The Hall–Kier alpha value is -3.84. The zero-order valence-corrected chi connectivity index (χ0v) is 27.6. The number of rotatable bonds is 8. The average molecular weight is 658 g/mol. The van der Waals surface area contributed by atoms with Gasteiger partial charge in [-0.3, -0.25) is 4.79 Å². The molecule has 7 heteroatoms. The third kappa shape index (κ3) is 4.42. The molecule has 0 heterocycles. The third-order valence-electron chi connectivity index (χ3n) is 9.52. The molecule has 1 spiro atoms. The van der Waals surface area contributed by atoms with E-state index in [9.17, 15) is 9.59 Å². The van der Waals surface area contributed by atoms with Gasteiger partial charge >= 0.3 is 5.97 Å². The lowest BCUT2D eigenvalue weighted by molar-refractivity contribution is 0.0732. The van der Waals surface area contributed by atoms with Crippen LogP contribution in [0.3, 0.4) is 0 Å². The number of halogens is 1. The molecule has 0 amide bonds. The maximum atomic E-state index is 14.8. The van der Waals surface area contributed by atoms with E-state index in [4.69, 9.17) is 18.9 Å². The largest absolute Gasteiger partial charge is 0.496 e. The Labute approximate surface area is 267 Å². The Morgan fingerprint density at radius 1 is 0.909 bits per heavy atom. The number of carbonyl (C=O) groups is 2. The molecule has 3 aliphatic carbocycles. The number of ketones is 1. The molecular formula is C37H37BrO6. The number of esters is 1. The van der Waals surface area contributed by atoms with Crippen LogP contribution >= 0.6 is 15.9 Å². The van der Waals surface area contributed by atoms with Crippen LogP contribution < -0.4 is 18.9 Å². The molecule has 3 aliphatic rings. The summed E-state index contributed by atoms with van der Waals surface area (Å²) >= 11 is 3.41. The summed E-state index contributed by atoms with van der Waals surface area (Å²) in [5.41, 5.74) is 4.89. The first-order valence-electron chi connectivity index (χ1n) is 15.1. The number of fused-ring (bicyclic) bond motifs is 3. The van der Waals surface area contributed by atoms with Gasteiger partial charge in [0.1, 0.15) is 23.0 Å². The van der Waals surface area contributed by atoms with E-state index in [1.807, 2.05) is 6.07 Å². The van der Waals surface area contributed by atoms with Gasteiger partial charge in [-0.15, -0.1) is 0 Å². The van der Waals surface area contributed by atoms with E-state index in [0.29, 0.717) is 40.5 Å². The second-order valence-corrected chi connectivity index (χ2v) is 13.2. The lowest BCUT2D eigenvalue weighted by Crippen LogP contribution is -2.43. The van der Waals surface area contributed by atoms with Crippen molar-refractivity contribution < 1.29 is 28.5 Å². The van der Waals surface area contributed by atoms with Gasteiger partial charge in [-0.05, 0) is 73.6 Å². The average Bonchev–Trinajstić information content (AvgIpc) is 3.37. The second-order valence-electron chi connectivity index (χ2n) is 12.3. The monoisotopic (exact) mass is 656 g/mol. The van der Waals surface area contributed by atoms with Crippen molar-refractivity contribution in [3.05, 3.63) is 98.0 Å². The lowest BCUT2D eigenvalue weighted by Gasteiger charge is -2.48. The van der Waals surface area contributed by atoms with E-state index in [-0.39, 0.29) is 22.5 Å². The van der Waals surface area contributed by atoms with E-state index in [1.54, 1.807) is 50.6 Å². The van der Waals surface area contributed by atoms with Gasteiger partial charge in [0.15, 0.2) is 0 Å². The molecule has 0 aliphatic heterocycles. The molecule has 0 saturated carbocycles. The van der Waals surface area contributed by atoms with Gasteiger partial charge in [-0.25, -0.2) is 4.79 Å². The highest BCUT2D eigenvalue weighted by atomic mass is 79.9. The highest BCUT2D eigenvalue weighted by Gasteiger charge is 2.56. The van der Waals surface area contributed by atoms with E-state index in [2.05, 4.69) is 55.8 Å². The van der Waals surface area contributed by atoms with Gasteiger partial charge in [-0.2, -0.15) is 0 Å². The standard InChI is InChI=1S/C37H37BrO6/c1-7-8-18-43-27-19-28(42-6)33-30-24(20-37(33)21(2)10-9-17-36(37,3)4)29-25(41-5)15-16-26(31(29)34(39)32(27)30)44-35(40)22-11-13-23(38)14-12-22/h10-16,19-20H,7-9,17-18H2,1-6H3/t37-/m1/s1. The van der Waals surface area contributed by atoms with Gasteiger partial charge in [0, 0.05) is 32.6 Å². The number of methoxy groups -OCH3 is 2. The number of unbranched alkanes of at least 4 members (excludes halogenated alkanes) is 1. The molecule has 6 rings (SSSR count). The zero-order chi connectivity index (χ0) is 31.4. The third-order valence-corrected chi connectivity index (χ3v) is 10.0. The van der Waals surface area contributed by atoms with Crippen LogP contribution in [0.25, 0.3) is 5.57 Å². The Bertz CT molecular complexity index is 1750. The normalized spacial score (nSPS) is 19.1. The van der Waals surface area contributed by atoms with Crippen molar-refractivity contribution in [1.82, 2.24) is 0 Å². The van der Waals surface area contributed by atoms with Crippen LogP contribution in [-0.4, -0.2) is 32.6 Å². The van der Waals surface area contributed by atoms with Crippen LogP contribution in [0.5, 0.6) is 23.0 Å². The van der Waals surface area contributed by atoms with Crippen LogP contribution in [0.2, 0.25) is 0 Å². The first-order chi connectivity index (χ1) is 21.1. The number of hydrogen-bond donors (Lipinski definition) is 0. The SMILES string of the molecule is CCCCOc1cc(OC)c2c3c1C(=O)c1c(OC(=O)c4ccc(Br)cc4)ccc(OC)c1C3=C[C@@]21C(C)=CCCC1(C)C. The fourth-order valence-electron chi connectivity index (χ4n) is 7.25. The van der Waals surface area contributed by atoms with Crippen LogP contribution in [-0.2, 0) is 5.41 Å². The summed E-state index contributed by atoms with van der Waals surface area (Å²) in [7, 11) is 3.27. The first-order valence-corrected chi connectivity index (χ1v) is 15.9. The molecule has 0 fully saturated rings. The smallest absolute Gasteiger partial charge is 0.343 e. The lowest BCUT2D eigenvalue weighted by atomic mass is 9.55. The molecule has 0 unspecified atom stereocenters. The minimum atomic E-state index is -0.553.